The first-order chi connectivity index (χ1) is 5.68. The van der Waals surface area contributed by atoms with Gasteiger partial charge in [-0.25, -0.2) is 0 Å². The maximum absolute atomic E-state index is 9.75. The third-order valence-corrected chi connectivity index (χ3v) is 3.22. The van der Waals surface area contributed by atoms with Crippen molar-refractivity contribution in [2.75, 3.05) is 13.2 Å². The molecule has 1 aliphatic heterocycles. The highest BCUT2D eigenvalue weighted by molar-refractivity contribution is 5.11. The summed E-state index contributed by atoms with van der Waals surface area (Å²) >= 11 is 0. The SMILES string of the molecule is C#CC1(O)CCC2(CC1)COC2. The van der Waals surface area contributed by atoms with Crippen LogP contribution in [0.4, 0.5) is 0 Å². The second-order valence-corrected chi connectivity index (χ2v) is 4.17. The van der Waals surface area contributed by atoms with Crippen molar-refractivity contribution in [3.63, 3.8) is 0 Å². The van der Waals surface area contributed by atoms with Gasteiger partial charge in [0.05, 0.1) is 13.2 Å². The summed E-state index contributed by atoms with van der Waals surface area (Å²) in [5, 5.41) is 9.75. The maximum Gasteiger partial charge on any atom is 0.125 e. The van der Waals surface area contributed by atoms with Crippen molar-refractivity contribution in [2.24, 2.45) is 5.41 Å². The number of rotatable bonds is 0. The quantitative estimate of drug-likeness (QED) is 0.543. The van der Waals surface area contributed by atoms with E-state index >= 15 is 0 Å². The van der Waals surface area contributed by atoms with Crippen molar-refractivity contribution in [3.8, 4) is 12.3 Å². The van der Waals surface area contributed by atoms with E-state index < -0.39 is 5.60 Å². The van der Waals surface area contributed by atoms with Crippen LogP contribution in [0.1, 0.15) is 25.7 Å². The first-order valence-electron chi connectivity index (χ1n) is 4.46. The van der Waals surface area contributed by atoms with E-state index in [1.165, 1.54) is 0 Å². The van der Waals surface area contributed by atoms with Crippen LogP contribution in [0.2, 0.25) is 0 Å². The fourth-order valence-electron chi connectivity index (χ4n) is 2.02. The Morgan fingerprint density at radius 1 is 1.17 bits per heavy atom. The van der Waals surface area contributed by atoms with Crippen LogP contribution in [-0.2, 0) is 4.74 Å². The van der Waals surface area contributed by atoms with Crippen LogP contribution < -0.4 is 0 Å². The molecule has 0 atom stereocenters. The van der Waals surface area contributed by atoms with Crippen molar-refractivity contribution in [3.05, 3.63) is 0 Å². The Kier molecular flexibility index (Phi) is 1.67. The second kappa shape index (κ2) is 2.48. The molecule has 1 N–H and O–H groups in total. The minimum Gasteiger partial charge on any atom is -0.380 e. The number of hydrogen-bond acceptors (Lipinski definition) is 2. The van der Waals surface area contributed by atoms with Crippen molar-refractivity contribution in [1.29, 1.82) is 0 Å². The predicted molar refractivity (Wildman–Crippen MR) is 45.5 cm³/mol. The first kappa shape index (κ1) is 8.10. The van der Waals surface area contributed by atoms with E-state index in [1.54, 1.807) is 0 Å². The molecule has 2 aliphatic rings. The van der Waals surface area contributed by atoms with Gasteiger partial charge in [-0.05, 0) is 25.7 Å². The van der Waals surface area contributed by atoms with Crippen LogP contribution in [0, 0.1) is 17.8 Å². The molecule has 1 saturated carbocycles. The molecule has 2 heteroatoms. The molecular formula is C10H14O2. The van der Waals surface area contributed by atoms with Crippen molar-refractivity contribution in [2.45, 2.75) is 31.3 Å². The standard InChI is InChI=1S/C10H14O2/c1-2-10(11)5-3-9(4-6-10)7-12-8-9/h1,11H,3-8H2. The third kappa shape index (κ3) is 1.14. The molecule has 1 aliphatic carbocycles. The number of aliphatic hydroxyl groups is 1. The van der Waals surface area contributed by atoms with Crippen LogP contribution in [0.15, 0.2) is 0 Å². The summed E-state index contributed by atoms with van der Waals surface area (Å²) in [5.74, 6) is 2.48. The van der Waals surface area contributed by atoms with Gasteiger partial charge in [0.2, 0.25) is 0 Å². The molecule has 0 radical (unpaired) electrons. The molecule has 2 fully saturated rings. The van der Waals surface area contributed by atoms with Crippen LogP contribution in [0.3, 0.4) is 0 Å². The molecular weight excluding hydrogens is 152 g/mol. The Morgan fingerprint density at radius 2 is 1.75 bits per heavy atom. The summed E-state index contributed by atoms with van der Waals surface area (Å²) in [4.78, 5) is 0. The molecule has 0 aromatic carbocycles. The lowest BCUT2D eigenvalue weighted by atomic mass is 9.68. The minimum atomic E-state index is -0.819. The van der Waals surface area contributed by atoms with E-state index in [0.717, 1.165) is 38.9 Å². The van der Waals surface area contributed by atoms with E-state index in [0.29, 0.717) is 5.41 Å². The molecule has 0 aromatic heterocycles. The Bertz CT molecular complexity index is 212. The lowest BCUT2D eigenvalue weighted by Gasteiger charge is -2.47. The van der Waals surface area contributed by atoms with Gasteiger partial charge in [0, 0.05) is 5.41 Å². The van der Waals surface area contributed by atoms with E-state index in [4.69, 9.17) is 11.2 Å². The summed E-state index contributed by atoms with van der Waals surface area (Å²) in [6, 6.07) is 0. The van der Waals surface area contributed by atoms with Gasteiger partial charge in [0.15, 0.2) is 0 Å². The monoisotopic (exact) mass is 166 g/mol. The molecule has 12 heavy (non-hydrogen) atoms. The Morgan fingerprint density at radius 3 is 2.08 bits per heavy atom. The molecule has 0 amide bonds. The van der Waals surface area contributed by atoms with E-state index in [9.17, 15) is 5.11 Å². The molecule has 1 saturated heterocycles. The number of terminal acetylenes is 1. The average molecular weight is 166 g/mol. The molecule has 0 bridgehead atoms. The van der Waals surface area contributed by atoms with Crippen LogP contribution in [0.25, 0.3) is 0 Å². The highest BCUT2D eigenvalue weighted by Gasteiger charge is 2.45. The van der Waals surface area contributed by atoms with Crippen LogP contribution in [0.5, 0.6) is 0 Å². The zero-order valence-corrected chi connectivity index (χ0v) is 7.18. The van der Waals surface area contributed by atoms with Crippen molar-refractivity contribution >= 4 is 0 Å². The van der Waals surface area contributed by atoms with Crippen molar-refractivity contribution < 1.29 is 9.84 Å². The lowest BCUT2D eigenvalue weighted by Crippen LogP contribution is -2.48. The fourth-order valence-corrected chi connectivity index (χ4v) is 2.02. The smallest absolute Gasteiger partial charge is 0.125 e. The zero-order chi connectivity index (χ0) is 8.66. The van der Waals surface area contributed by atoms with Gasteiger partial charge in [0.1, 0.15) is 5.60 Å². The normalized spacial score (nSPS) is 30.7. The van der Waals surface area contributed by atoms with Crippen molar-refractivity contribution in [1.82, 2.24) is 0 Å². The van der Waals surface area contributed by atoms with Gasteiger partial charge in [-0.2, -0.15) is 0 Å². The largest absolute Gasteiger partial charge is 0.380 e. The summed E-state index contributed by atoms with van der Waals surface area (Å²) in [6.07, 6.45) is 8.78. The van der Waals surface area contributed by atoms with E-state index in [1.807, 2.05) is 0 Å². The predicted octanol–water partition coefficient (Wildman–Crippen LogP) is 0.941. The van der Waals surface area contributed by atoms with E-state index in [2.05, 4.69) is 5.92 Å². The molecule has 66 valence electrons. The zero-order valence-electron chi connectivity index (χ0n) is 7.18. The van der Waals surface area contributed by atoms with Crippen LogP contribution >= 0.6 is 0 Å². The molecule has 1 spiro atoms. The molecule has 1 heterocycles. The molecule has 0 unspecified atom stereocenters. The minimum absolute atomic E-state index is 0.378. The van der Waals surface area contributed by atoms with Gasteiger partial charge in [-0.3, -0.25) is 0 Å². The second-order valence-electron chi connectivity index (χ2n) is 4.17. The summed E-state index contributed by atoms with van der Waals surface area (Å²) in [6.45, 7) is 1.74. The van der Waals surface area contributed by atoms with Gasteiger partial charge in [0.25, 0.3) is 0 Å². The third-order valence-electron chi connectivity index (χ3n) is 3.22. The van der Waals surface area contributed by atoms with Gasteiger partial charge < -0.3 is 9.84 Å². The van der Waals surface area contributed by atoms with Gasteiger partial charge in [-0.1, -0.05) is 5.92 Å². The Labute approximate surface area is 72.9 Å². The summed E-state index contributed by atoms with van der Waals surface area (Å²) < 4.78 is 5.18. The summed E-state index contributed by atoms with van der Waals surface area (Å²) in [7, 11) is 0. The van der Waals surface area contributed by atoms with E-state index in [-0.39, 0.29) is 0 Å². The highest BCUT2D eigenvalue weighted by atomic mass is 16.5. The first-order valence-corrected chi connectivity index (χ1v) is 4.46. The maximum atomic E-state index is 9.75. The lowest BCUT2D eigenvalue weighted by molar-refractivity contribution is -0.150. The average Bonchev–Trinajstić information content (AvgIpc) is 2.04. The van der Waals surface area contributed by atoms with Crippen LogP contribution in [-0.4, -0.2) is 23.9 Å². The van der Waals surface area contributed by atoms with Gasteiger partial charge in [-0.15, -0.1) is 6.42 Å². The molecule has 2 rings (SSSR count). The highest BCUT2D eigenvalue weighted by Crippen LogP contribution is 2.45. The van der Waals surface area contributed by atoms with Gasteiger partial charge >= 0.3 is 0 Å². The number of ether oxygens (including phenoxy) is 1. The topological polar surface area (TPSA) is 29.5 Å². The Hall–Kier alpha value is -0.520. The fraction of sp³-hybridized carbons (Fsp3) is 0.800. The summed E-state index contributed by atoms with van der Waals surface area (Å²) in [5.41, 5.74) is -0.441. The molecule has 2 nitrogen and oxygen atoms in total. The molecule has 0 aromatic rings. The Balaban J connectivity index is 1.98. The number of hydrogen-bond donors (Lipinski definition) is 1.